The van der Waals surface area contributed by atoms with Crippen LogP contribution in [0.2, 0.25) is 0 Å². The third-order valence-electron chi connectivity index (χ3n) is 3.52. The number of anilines is 2. The van der Waals surface area contributed by atoms with Crippen molar-refractivity contribution in [1.29, 1.82) is 0 Å². The van der Waals surface area contributed by atoms with E-state index in [0.717, 1.165) is 36.5 Å². The van der Waals surface area contributed by atoms with Crippen molar-refractivity contribution in [3.8, 4) is 0 Å². The molecule has 0 aliphatic carbocycles. The van der Waals surface area contributed by atoms with Gasteiger partial charge < -0.3 is 10.6 Å². The van der Waals surface area contributed by atoms with Gasteiger partial charge in [-0.15, -0.1) is 0 Å². The number of hydrogen-bond acceptors (Lipinski definition) is 4. The van der Waals surface area contributed by atoms with Crippen LogP contribution in [0.25, 0.3) is 0 Å². The molecule has 1 aromatic heterocycles. The fraction of sp³-hybridized carbons (Fsp3) is 0.692. The van der Waals surface area contributed by atoms with Crippen molar-refractivity contribution in [3.05, 3.63) is 11.9 Å². The lowest BCUT2D eigenvalue weighted by Crippen LogP contribution is -2.34. The Morgan fingerprint density at radius 1 is 1.12 bits per heavy atom. The Kier molecular flexibility index (Phi) is 4.73. The van der Waals surface area contributed by atoms with Crippen LogP contribution in [0.15, 0.2) is 6.33 Å². The predicted octanol–water partition coefficient (Wildman–Crippen LogP) is 3.07. The fourth-order valence-corrected chi connectivity index (χ4v) is 1.78. The van der Waals surface area contributed by atoms with E-state index in [4.69, 9.17) is 0 Å². The molecule has 0 amide bonds. The molecule has 4 heteroatoms. The molecular weight excluding hydrogens is 212 g/mol. The summed E-state index contributed by atoms with van der Waals surface area (Å²) in [5, 5.41) is 6.68. The molecular formula is C13H24N4. The summed E-state index contributed by atoms with van der Waals surface area (Å²) in [4.78, 5) is 8.62. The number of hydrogen-bond donors (Lipinski definition) is 2. The molecule has 0 saturated carbocycles. The minimum Gasteiger partial charge on any atom is -0.373 e. The number of aromatic nitrogens is 2. The van der Waals surface area contributed by atoms with Crippen molar-refractivity contribution in [2.45, 2.75) is 52.5 Å². The molecule has 0 aliphatic heterocycles. The Morgan fingerprint density at radius 3 is 2.18 bits per heavy atom. The summed E-state index contributed by atoms with van der Waals surface area (Å²) in [6.07, 6.45) is 4.68. The van der Waals surface area contributed by atoms with Gasteiger partial charge in [0.25, 0.3) is 0 Å². The molecule has 0 unspecified atom stereocenters. The summed E-state index contributed by atoms with van der Waals surface area (Å²) in [6.45, 7) is 8.75. The van der Waals surface area contributed by atoms with E-state index < -0.39 is 0 Å². The van der Waals surface area contributed by atoms with Gasteiger partial charge in [-0.3, -0.25) is 0 Å². The zero-order valence-electron chi connectivity index (χ0n) is 11.6. The van der Waals surface area contributed by atoms with Crippen LogP contribution in [0.1, 0.15) is 46.1 Å². The zero-order chi connectivity index (χ0) is 12.9. The smallest absolute Gasteiger partial charge is 0.135 e. The van der Waals surface area contributed by atoms with Crippen LogP contribution in [0.3, 0.4) is 0 Å². The first-order chi connectivity index (χ1) is 8.10. The molecule has 2 N–H and O–H groups in total. The Morgan fingerprint density at radius 2 is 1.71 bits per heavy atom. The van der Waals surface area contributed by atoms with E-state index in [1.165, 1.54) is 0 Å². The van der Waals surface area contributed by atoms with Crippen LogP contribution in [0.5, 0.6) is 0 Å². The van der Waals surface area contributed by atoms with Crippen LogP contribution in [-0.2, 0) is 6.42 Å². The SMILES string of the molecule is CCc1c(NC)ncnc1NC(C)(CC)CC. The van der Waals surface area contributed by atoms with Gasteiger partial charge in [0.1, 0.15) is 18.0 Å². The van der Waals surface area contributed by atoms with Gasteiger partial charge in [0.05, 0.1) is 0 Å². The maximum Gasteiger partial charge on any atom is 0.135 e. The second kappa shape index (κ2) is 5.84. The first-order valence-corrected chi connectivity index (χ1v) is 6.40. The molecule has 0 aliphatic rings. The van der Waals surface area contributed by atoms with Crippen LogP contribution in [-0.4, -0.2) is 22.6 Å². The van der Waals surface area contributed by atoms with Crippen molar-refractivity contribution >= 4 is 11.6 Å². The van der Waals surface area contributed by atoms with E-state index in [9.17, 15) is 0 Å². The highest BCUT2D eigenvalue weighted by Crippen LogP contribution is 2.26. The second-order valence-electron chi connectivity index (χ2n) is 4.55. The van der Waals surface area contributed by atoms with Crippen molar-refractivity contribution in [3.63, 3.8) is 0 Å². The first-order valence-electron chi connectivity index (χ1n) is 6.40. The van der Waals surface area contributed by atoms with Gasteiger partial charge in [-0.25, -0.2) is 9.97 Å². The molecule has 1 aromatic rings. The number of nitrogens with one attached hydrogen (secondary N) is 2. The standard InChI is InChI=1S/C13H24N4/c1-6-10-11(14-5)15-9-16-12(10)17-13(4,7-2)8-3/h9H,6-8H2,1-5H3,(H2,14,15,16,17). The molecule has 96 valence electrons. The molecule has 4 nitrogen and oxygen atoms in total. The highest BCUT2D eigenvalue weighted by atomic mass is 15.1. The Bertz CT molecular complexity index is 358. The molecule has 1 heterocycles. The molecule has 0 spiro atoms. The monoisotopic (exact) mass is 236 g/mol. The third-order valence-corrected chi connectivity index (χ3v) is 3.52. The Hall–Kier alpha value is -1.32. The molecule has 0 radical (unpaired) electrons. The first kappa shape index (κ1) is 13.7. The van der Waals surface area contributed by atoms with Gasteiger partial charge >= 0.3 is 0 Å². The lowest BCUT2D eigenvalue weighted by molar-refractivity contribution is 0.476. The summed E-state index contributed by atoms with van der Waals surface area (Å²) >= 11 is 0. The summed E-state index contributed by atoms with van der Waals surface area (Å²) in [7, 11) is 1.89. The van der Waals surface area contributed by atoms with E-state index in [0.29, 0.717) is 0 Å². The number of rotatable bonds is 6. The van der Waals surface area contributed by atoms with E-state index in [1.807, 2.05) is 7.05 Å². The Labute approximate surface area is 104 Å². The highest BCUT2D eigenvalue weighted by molar-refractivity contribution is 5.58. The number of nitrogens with zero attached hydrogens (tertiary/aromatic N) is 2. The van der Waals surface area contributed by atoms with Crippen LogP contribution in [0.4, 0.5) is 11.6 Å². The van der Waals surface area contributed by atoms with E-state index in [1.54, 1.807) is 6.33 Å². The normalized spacial score (nSPS) is 11.4. The average molecular weight is 236 g/mol. The summed E-state index contributed by atoms with van der Waals surface area (Å²) in [5.41, 5.74) is 1.26. The topological polar surface area (TPSA) is 49.8 Å². The van der Waals surface area contributed by atoms with E-state index in [2.05, 4.69) is 48.3 Å². The molecule has 1 rings (SSSR count). The van der Waals surface area contributed by atoms with Gasteiger partial charge in [0, 0.05) is 18.2 Å². The predicted molar refractivity (Wildman–Crippen MR) is 73.6 cm³/mol. The van der Waals surface area contributed by atoms with Crippen molar-refractivity contribution in [2.75, 3.05) is 17.7 Å². The van der Waals surface area contributed by atoms with Gasteiger partial charge in [-0.2, -0.15) is 0 Å². The van der Waals surface area contributed by atoms with Gasteiger partial charge in [0.15, 0.2) is 0 Å². The summed E-state index contributed by atoms with van der Waals surface area (Å²) in [6, 6.07) is 0. The molecule has 17 heavy (non-hydrogen) atoms. The van der Waals surface area contributed by atoms with Crippen LogP contribution >= 0.6 is 0 Å². The second-order valence-corrected chi connectivity index (χ2v) is 4.55. The largest absolute Gasteiger partial charge is 0.373 e. The Balaban J connectivity index is 3.05. The minimum atomic E-state index is 0.100. The highest BCUT2D eigenvalue weighted by Gasteiger charge is 2.21. The quantitative estimate of drug-likeness (QED) is 0.797. The maximum atomic E-state index is 4.38. The average Bonchev–Trinajstić information content (AvgIpc) is 2.38. The van der Waals surface area contributed by atoms with Gasteiger partial charge in [0.2, 0.25) is 0 Å². The van der Waals surface area contributed by atoms with E-state index >= 15 is 0 Å². The third kappa shape index (κ3) is 3.08. The van der Waals surface area contributed by atoms with Crippen LogP contribution in [0, 0.1) is 0 Å². The molecule has 0 saturated heterocycles. The lowest BCUT2D eigenvalue weighted by atomic mass is 9.95. The van der Waals surface area contributed by atoms with Crippen molar-refractivity contribution in [2.24, 2.45) is 0 Å². The van der Waals surface area contributed by atoms with Crippen molar-refractivity contribution < 1.29 is 0 Å². The van der Waals surface area contributed by atoms with E-state index in [-0.39, 0.29) is 5.54 Å². The molecule has 0 aromatic carbocycles. The zero-order valence-corrected chi connectivity index (χ0v) is 11.6. The lowest BCUT2D eigenvalue weighted by Gasteiger charge is -2.30. The maximum absolute atomic E-state index is 4.38. The summed E-state index contributed by atoms with van der Waals surface area (Å²) in [5.74, 6) is 1.87. The molecule has 0 atom stereocenters. The summed E-state index contributed by atoms with van der Waals surface area (Å²) < 4.78 is 0. The van der Waals surface area contributed by atoms with Gasteiger partial charge in [-0.05, 0) is 26.2 Å². The van der Waals surface area contributed by atoms with Crippen molar-refractivity contribution in [1.82, 2.24) is 9.97 Å². The van der Waals surface area contributed by atoms with Gasteiger partial charge in [-0.1, -0.05) is 20.8 Å². The molecule has 0 bridgehead atoms. The fourth-order valence-electron chi connectivity index (χ4n) is 1.78. The molecule has 0 fully saturated rings. The minimum absolute atomic E-state index is 0.100. The van der Waals surface area contributed by atoms with Crippen LogP contribution < -0.4 is 10.6 Å².